The molecule has 0 aromatic heterocycles. The van der Waals surface area contributed by atoms with Gasteiger partial charge in [-0.15, -0.1) is 0 Å². The van der Waals surface area contributed by atoms with Crippen LogP contribution in [-0.4, -0.2) is 23.7 Å². The molecule has 0 fully saturated rings. The fraction of sp³-hybridized carbons (Fsp3) is 0.250. The van der Waals surface area contributed by atoms with E-state index >= 15 is 0 Å². The first-order chi connectivity index (χ1) is 7.22. The van der Waals surface area contributed by atoms with Crippen molar-refractivity contribution in [2.24, 2.45) is 0 Å². The molecule has 1 aromatic carbocycles. The van der Waals surface area contributed by atoms with Crippen LogP contribution < -0.4 is 5.32 Å². The van der Waals surface area contributed by atoms with Crippen LogP contribution in [0.3, 0.4) is 0 Å². The summed E-state index contributed by atoms with van der Waals surface area (Å²) in [5.41, 5.74) is 0.976. The van der Waals surface area contributed by atoms with Crippen molar-refractivity contribution in [2.75, 3.05) is 6.61 Å². The smallest absolute Gasteiger partial charge is 0.244 e. The maximum atomic E-state index is 11.3. The quantitative estimate of drug-likeness (QED) is 0.725. The summed E-state index contributed by atoms with van der Waals surface area (Å²) >= 11 is 0. The minimum Gasteiger partial charge on any atom is -0.394 e. The lowest BCUT2D eigenvalue weighted by atomic mass is 10.2. The fourth-order valence-electron chi connectivity index (χ4n) is 1.07. The zero-order chi connectivity index (χ0) is 11.1. The van der Waals surface area contributed by atoms with Crippen LogP contribution in [0.5, 0.6) is 0 Å². The summed E-state index contributed by atoms with van der Waals surface area (Å²) in [6.07, 6.45) is 3.20. The summed E-state index contributed by atoms with van der Waals surface area (Å²) in [7, 11) is 0. The van der Waals surface area contributed by atoms with E-state index < -0.39 is 0 Å². The second-order valence-corrected chi connectivity index (χ2v) is 3.34. The summed E-state index contributed by atoms with van der Waals surface area (Å²) in [5.74, 6) is -0.194. The van der Waals surface area contributed by atoms with E-state index in [1.165, 1.54) is 6.08 Å². The van der Waals surface area contributed by atoms with E-state index in [2.05, 4.69) is 5.32 Å². The van der Waals surface area contributed by atoms with Crippen LogP contribution in [0.4, 0.5) is 0 Å². The molecule has 1 aromatic rings. The van der Waals surface area contributed by atoms with Gasteiger partial charge in [-0.2, -0.15) is 0 Å². The zero-order valence-corrected chi connectivity index (χ0v) is 8.68. The number of carbonyl (C=O) groups is 1. The summed E-state index contributed by atoms with van der Waals surface area (Å²) in [6.45, 7) is 1.69. The van der Waals surface area contributed by atoms with Crippen LogP contribution in [-0.2, 0) is 4.79 Å². The molecule has 1 amide bonds. The Hall–Kier alpha value is -1.61. The number of amides is 1. The lowest BCUT2D eigenvalue weighted by Gasteiger charge is -2.07. The first-order valence-electron chi connectivity index (χ1n) is 4.87. The van der Waals surface area contributed by atoms with Crippen LogP contribution in [0.15, 0.2) is 36.4 Å². The molecule has 0 heterocycles. The summed E-state index contributed by atoms with van der Waals surface area (Å²) in [6, 6.07) is 9.36. The van der Waals surface area contributed by atoms with Crippen LogP contribution in [0.25, 0.3) is 6.08 Å². The maximum absolute atomic E-state index is 11.3. The number of rotatable bonds is 4. The van der Waals surface area contributed by atoms with Gasteiger partial charge in [0.15, 0.2) is 0 Å². The minimum absolute atomic E-state index is 0.0507. The third-order valence-electron chi connectivity index (χ3n) is 1.89. The number of carbonyl (C=O) groups excluding carboxylic acids is 1. The molecule has 0 aliphatic rings. The van der Waals surface area contributed by atoms with Gasteiger partial charge in [0.05, 0.1) is 6.61 Å². The third kappa shape index (κ3) is 4.42. The predicted octanol–water partition coefficient (Wildman–Crippen LogP) is 1.20. The Kier molecular flexibility index (Phi) is 4.57. The lowest BCUT2D eigenvalue weighted by molar-refractivity contribution is -0.117. The van der Waals surface area contributed by atoms with E-state index in [9.17, 15) is 4.79 Å². The molecule has 0 bridgehead atoms. The lowest BCUT2D eigenvalue weighted by Crippen LogP contribution is -2.33. The third-order valence-corrected chi connectivity index (χ3v) is 1.89. The molecule has 15 heavy (non-hydrogen) atoms. The molecule has 80 valence electrons. The van der Waals surface area contributed by atoms with Gasteiger partial charge in [0.1, 0.15) is 0 Å². The average molecular weight is 205 g/mol. The second-order valence-electron chi connectivity index (χ2n) is 3.34. The van der Waals surface area contributed by atoms with E-state index in [1.807, 2.05) is 30.3 Å². The SMILES string of the molecule is CC(CO)NC(=O)C=Cc1ccccc1. The van der Waals surface area contributed by atoms with Crippen molar-refractivity contribution in [3.05, 3.63) is 42.0 Å². The van der Waals surface area contributed by atoms with E-state index in [-0.39, 0.29) is 18.6 Å². The molecule has 2 N–H and O–H groups in total. The Labute approximate surface area is 89.4 Å². The van der Waals surface area contributed by atoms with Gasteiger partial charge >= 0.3 is 0 Å². The van der Waals surface area contributed by atoms with Crippen LogP contribution in [0.2, 0.25) is 0 Å². The van der Waals surface area contributed by atoms with Crippen molar-refractivity contribution in [3.8, 4) is 0 Å². The molecular formula is C12H15NO2. The van der Waals surface area contributed by atoms with Crippen LogP contribution in [0, 0.1) is 0 Å². The van der Waals surface area contributed by atoms with E-state index in [0.29, 0.717) is 0 Å². The molecule has 0 aliphatic carbocycles. The van der Waals surface area contributed by atoms with Crippen molar-refractivity contribution >= 4 is 12.0 Å². The maximum Gasteiger partial charge on any atom is 0.244 e. The van der Waals surface area contributed by atoms with Crippen molar-refractivity contribution in [1.29, 1.82) is 0 Å². The molecule has 0 radical (unpaired) electrons. The zero-order valence-electron chi connectivity index (χ0n) is 8.68. The van der Waals surface area contributed by atoms with E-state index in [1.54, 1.807) is 13.0 Å². The van der Waals surface area contributed by atoms with Gasteiger partial charge in [-0.25, -0.2) is 0 Å². The van der Waals surface area contributed by atoms with Crippen molar-refractivity contribution < 1.29 is 9.90 Å². The number of hydrogen-bond acceptors (Lipinski definition) is 2. The molecule has 0 aliphatic heterocycles. The van der Waals surface area contributed by atoms with Gasteiger partial charge in [-0.05, 0) is 18.6 Å². The average Bonchev–Trinajstić information content (AvgIpc) is 2.27. The van der Waals surface area contributed by atoms with Gasteiger partial charge in [-0.1, -0.05) is 30.3 Å². The van der Waals surface area contributed by atoms with Crippen molar-refractivity contribution in [2.45, 2.75) is 13.0 Å². The molecule has 3 heteroatoms. The largest absolute Gasteiger partial charge is 0.394 e. The van der Waals surface area contributed by atoms with Gasteiger partial charge in [0.25, 0.3) is 0 Å². The van der Waals surface area contributed by atoms with Gasteiger partial charge in [0.2, 0.25) is 5.91 Å². The van der Waals surface area contributed by atoms with Gasteiger partial charge in [-0.3, -0.25) is 4.79 Å². The molecule has 0 saturated carbocycles. The highest BCUT2D eigenvalue weighted by Gasteiger charge is 2.01. The summed E-state index contributed by atoms with van der Waals surface area (Å²) in [4.78, 5) is 11.3. The molecule has 1 rings (SSSR count). The summed E-state index contributed by atoms with van der Waals surface area (Å²) in [5, 5.41) is 11.4. The van der Waals surface area contributed by atoms with Crippen LogP contribution in [0.1, 0.15) is 12.5 Å². The van der Waals surface area contributed by atoms with Crippen molar-refractivity contribution in [1.82, 2.24) is 5.32 Å². The Morgan fingerprint density at radius 2 is 2.13 bits per heavy atom. The molecule has 1 atom stereocenters. The summed E-state index contributed by atoms with van der Waals surface area (Å²) < 4.78 is 0. The number of aliphatic hydroxyl groups is 1. The Balaban J connectivity index is 2.48. The highest BCUT2D eigenvalue weighted by atomic mass is 16.3. The van der Waals surface area contributed by atoms with E-state index in [4.69, 9.17) is 5.11 Å². The normalized spacial score (nSPS) is 12.7. The minimum atomic E-state index is -0.210. The predicted molar refractivity (Wildman–Crippen MR) is 60.2 cm³/mol. The number of hydrogen-bond donors (Lipinski definition) is 2. The molecule has 3 nitrogen and oxygen atoms in total. The molecule has 0 saturated heterocycles. The first-order valence-corrected chi connectivity index (χ1v) is 4.87. The molecule has 1 unspecified atom stereocenters. The standard InChI is InChI=1S/C12H15NO2/c1-10(9-14)13-12(15)8-7-11-5-3-2-4-6-11/h2-8,10,14H,9H2,1H3,(H,13,15). The topological polar surface area (TPSA) is 49.3 Å². The monoisotopic (exact) mass is 205 g/mol. The number of nitrogens with one attached hydrogen (secondary N) is 1. The fourth-order valence-corrected chi connectivity index (χ4v) is 1.07. The molecule has 0 spiro atoms. The first kappa shape index (κ1) is 11.5. The van der Waals surface area contributed by atoms with Gasteiger partial charge in [0, 0.05) is 12.1 Å². The second kappa shape index (κ2) is 5.98. The number of benzene rings is 1. The Morgan fingerprint density at radius 1 is 1.47 bits per heavy atom. The highest BCUT2D eigenvalue weighted by Crippen LogP contribution is 2.00. The Bertz CT molecular complexity index is 333. The van der Waals surface area contributed by atoms with E-state index in [0.717, 1.165) is 5.56 Å². The van der Waals surface area contributed by atoms with Crippen molar-refractivity contribution in [3.63, 3.8) is 0 Å². The molecular weight excluding hydrogens is 190 g/mol. The van der Waals surface area contributed by atoms with Crippen LogP contribution >= 0.6 is 0 Å². The number of aliphatic hydroxyl groups excluding tert-OH is 1. The highest BCUT2D eigenvalue weighted by molar-refractivity contribution is 5.91. The Morgan fingerprint density at radius 3 is 2.73 bits per heavy atom. The van der Waals surface area contributed by atoms with Gasteiger partial charge < -0.3 is 10.4 Å².